The minimum Gasteiger partial charge on any atom is -0.488 e. The van der Waals surface area contributed by atoms with Crippen LogP contribution in [0.5, 0.6) is 11.5 Å². The lowest BCUT2D eigenvalue weighted by Gasteiger charge is -2.28. The molecule has 9 heteroatoms. The monoisotopic (exact) mass is 684 g/mol. The molecule has 2 aromatic carbocycles. The maximum absolute atomic E-state index is 9.86. The van der Waals surface area contributed by atoms with Gasteiger partial charge >= 0.3 is 0 Å². The average molecular weight is 688 g/mol. The normalized spacial score (nSPS) is 16.8. The predicted octanol–water partition coefficient (Wildman–Crippen LogP) is 6.23. The summed E-state index contributed by atoms with van der Waals surface area (Å²) in [6.07, 6.45) is -0.497. The van der Waals surface area contributed by atoms with Crippen LogP contribution in [0.15, 0.2) is 42.2 Å². The first-order valence-corrected chi connectivity index (χ1v) is 12.8. The van der Waals surface area contributed by atoms with Crippen LogP contribution in [0, 0.1) is 0 Å². The molecule has 1 N–H and O–H groups in total. The quantitative estimate of drug-likeness (QED) is 0.301. The molecule has 31 heavy (non-hydrogen) atoms. The Morgan fingerprint density at radius 3 is 1.81 bits per heavy atom. The lowest BCUT2D eigenvalue weighted by atomic mass is 9.78. The summed E-state index contributed by atoms with van der Waals surface area (Å²) in [5, 5.41) is 9.86. The van der Waals surface area contributed by atoms with Crippen LogP contribution in [-0.2, 0) is 14.9 Å². The number of methoxy groups -OCH3 is 1. The van der Waals surface area contributed by atoms with E-state index < -0.39 is 6.10 Å². The average Bonchev–Trinajstić information content (AvgIpc) is 3.51. The summed E-state index contributed by atoms with van der Waals surface area (Å²) < 4.78 is 25.2. The fourth-order valence-corrected chi connectivity index (χ4v) is 5.88. The number of aliphatic hydroxyl groups is 1. The molecule has 0 bridgehead atoms. The van der Waals surface area contributed by atoms with E-state index in [2.05, 4.69) is 89.7 Å². The fourth-order valence-electron chi connectivity index (χ4n) is 3.04. The predicted molar refractivity (Wildman–Crippen MR) is 134 cm³/mol. The number of aliphatic hydroxyl groups excluding tert-OH is 1. The Morgan fingerprint density at radius 1 is 0.935 bits per heavy atom. The van der Waals surface area contributed by atoms with Crippen molar-refractivity contribution in [3.8, 4) is 11.5 Å². The Kier molecular flexibility index (Phi) is 8.91. The minimum absolute atomic E-state index is 0.140. The zero-order valence-corrected chi connectivity index (χ0v) is 23.7. The Labute approximate surface area is 216 Å². The zero-order chi connectivity index (χ0) is 22.8. The number of hydrogen-bond acceptors (Lipinski definition) is 5. The summed E-state index contributed by atoms with van der Waals surface area (Å²) in [5.74, 6) is 1.42. The Morgan fingerprint density at radius 2 is 1.39 bits per heavy atom. The van der Waals surface area contributed by atoms with Gasteiger partial charge in [0.15, 0.2) is 0 Å². The van der Waals surface area contributed by atoms with Gasteiger partial charge in [0.25, 0.3) is 0 Å². The molecular weight excluding hydrogens is 664 g/mol. The summed E-state index contributed by atoms with van der Waals surface area (Å²) in [6.45, 7) is 5.99. The first-order valence-electron chi connectivity index (χ1n) is 9.66. The molecular formula is C22H24Br4O5. The van der Waals surface area contributed by atoms with E-state index in [1.807, 2.05) is 12.1 Å². The van der Waals surface area contributed by atoms with Crippen LogP contribution in [0.3, 0.4) is 0 Å². The van der Waals surface area contributed by atoms with Gasteiger partial charge in [0, 0.05) is 12.5 Å². The molecule has 3 rings (SSSR count). The Balaban J connectivity index is 1.83. The molecule has 2 aromatic rings. The van der Waals surface area contributed by atoms with Gasteiger partial charge in [-0.05, 0) is 99.1 Å². The van der Waals surface area contributed by atoms with Crippen molar-refractivity contribution in [1.29, 1.82) is 0 Å². The van der Waals surface area contributed by atoms with Gasteiger partial charge in [-0.25, -0.2) is 0 Å². The molecule has 1 aliphatic rings. The topological polar surface area (TPSA) is 60.5 Å². The highest BCUT2D eigenvalue weighted by Crippen LogP contribution is 2.44. The second kappa shape index (κ2) is 10.8. The van der Waals surface area contributed by atoms with E-state index in [0.717, 1.165) is 41.4 Å². The van der Waals surface area contributed by atoms with Gasteiger partial charge in [-0.3, -0.25) is 0 Å². The highest BCUT2D eigenvalue weighted by Gasteiger charge is 2.28. The van der Waals surface area contributed by atoms with Gasteiger partial charge in [0.05, 0.1) is 31.1 Å². The molecule has 0 saturated carbocycles. The van der Waals surface area contributed by atoms with Gasteiger partial charge < -0.3 is 24.1 Å². The van der Waals surface area contributed by atoms with E-state index in [-0.39, 0.29) is 24.7 Å². The highest BCUT2D eigenvalue weighted by atomic mass is 79.9. The molecule has 1 aliphatic heterocycles. The van der Waals surface area contributed by atoms with Gasteiger partial charge in [0.1, 0.15) is 36.9 Å². The number of benzene rings is 2. The summed E-state index contributed by atoms with van der Waals surface area (Å²) in [4.78, 5) is 0. The molecule has 0 spiro atoms. The first-order chi connectivity index (χ1) is 14.6. The second-order valence-corrected chi connectivity index (χ2v) is 11.3. The number of rotatable bonds is 10. The molecule has 0 aliphatic carbocycles. The van der Waals surface area contributed by atoms with Crippen LogP contribution in [-0.4, -0.2) is 50.9 Å². The van der Waals surface area contributed by atoms with Crippen LogP contribution >= 0.6 is 63.7 Å². The lowest BCUT2D eigenvalue weighted by Crippen LogP contribution is -2.23. The molecule has 0 aromatic heterocycles. The van der Waals surface area contributed by atoms with Crippen molar-refractivity contribution in [3.63, 3.8) is 0 Å². The van der Waals surface area contributed by atoms with Gasteiger partial charge in [-0.15, -0.1) is 0 Å². The van der Waals surface area contributed by atoms with Crippen LogP contribution in [0.1, 0.15) is 25.0 Å². The van der Waals surface area contributed by atoms with E-state index in [9.17, 15) is 5.11 Å². The van der Waals surface area contributed by atoms with E-state index in [1.54, 1.807) is 7.11 Å². The van der Waals surface area contributed by atoms with E-state index in [0.29, 0.717) is 12.4 Å². The summed E-state index contributed by atoms with van der Waals surface area (Å²) in [5.41, 5.74) is 1.90. The summed E-state index contributed by atoms with van der Waals surface area (Å²) in [6, 6.07) is 8.25. The molecule has 5 nitrogen and oxygen atoms in total. The van der Waals surface area contributed by atoms with Crippen molar-refractivity contribution in [2.75, 3.05) is 33.5 Å². The number of halogens is 4. The largest absolute Gasteiger partial charge is 0.488 e. The second-order valence-electron chi connectivity index (χ2n) is 7.85. The SMILES string of the molecule is COCC(O)COc1c(Br)cc(C(C)(C)c2cc(Br)c(OCC3CO3)c(Br)c2)cc1Br. The Hall–Kier alpha value is -0.160. The van der Waals surface area contributed by atoms with E-state index in [4.69, 9.17) is 18.9 Å². The van der Waals surface area contributed by atoms with Crippen LogP contribution < -0.4 is 9.47 Å². The molecule has 2 atom stereocenters. The van der Waals surface area contributed by atoms with Crippen molar-refractivity contribution in [1.82, 2.24) is 0 Å². The van der Waals surface area contributed by atoms with Crippen LogP contribution in [0.25, 0.3) is 0 Å². The van der Waals surface area contributed by atoms with Gasteiger partial charge in [0.2, 0.25) is 0 Å². The van der Waals surface area contributed by atoms with Crippen LogP contribution in [0.4, 0.5) is 0 Å². The summed E-state index contributed by atoms with van der Waals surface area (Å²) >= 11 is 14.5. The molecule has 170 valence electrons. The maximum atomic E-state index is 9.86. The molecule has 1 heterocycles. The maximum Gasteiger partial charge on any atom is 0.147 e. The smallest absolute Gasteiger partial charge is 0.147 e. The molecule has 1 fully saturated rings. The van der Waals surface area contributed by atoms with Gasteiger partial charge in [-0.1, -0.05) is 13.8 Å². The fraction of sp³-hybridized carbons (Fsp3) is 0.455. The van der Waals surface area contributed by atoms with Gasteiger partial charge in [-0.2, -0.15) is 0 Å². The molecule has 0 radical (unpaired) electrons. The van der Waals surface area contributed by atoms with Crippen molar-refractivity contribution in [3.05, 3.63) is 53.3 Å². The lowest BCUT2D eigenvalue weighted by molar-refractivity contribution is 0.0321. The van der Waals surface area contributed by atoms with E-state index in [1.165, 1.54) is 0 Å². The first kappa shape index (κ1) is 25.5. The third kappa shape index (κ3) is 6.46. The zero-order valence-electron chi connectivity index (χ0n) is 17.4. The number of ether oxygens (including phenoxy) is 4. The molecule has 2 unspecified atom stereocenters. The third-order valence-electron chi connectivity index (χ3n) is 5.03. The summed E-state index contributed by atoms with van der Waals surface area (Å²) in [7, 11) is 1.54. The van der Waals surface area contributed by atoms with Crippen molar-refractivity contribution >= 4 is 63.7 Å². The van der Waals surface area contributed by atoms with E-state index >= 15 is 0 Å². The van der Waals surface area contributed by atoms with Crippen molar-refractivity contribution < 1.29 is 24.1 Å². The van der Waals surface area contributed by atoms with Crippen molar-refractivity contribution in [2.45, 2.75) is 31.5 Å². The Bertz CT molecular complexity index is 884. The van der Waals surface area contributed by atoms with Crippen LogP contribution in [0.2, 0.25) is 0 Å². The standard InChI is InChI=1S/C22H24Br4O5/c1-22(2,13-6-18(25)21(19(26)7-13)31-11-15-10-29-15)12-4-16(23)20(17(24)5-12)30-9-14(27)8-28-3/h4-7,14-15,27H,8-11H2,1-3H3. The third-order valence-corrected chi connectivity index (χ3v) is 7.39. The highest BCUT2D eigenvalue weighted by molar-refractivity contribution is 9.11. The number of hydrogen-bond donors (Lipinski definition) is 1. The molecule has 1 saturated heterocycles. The molecule has 0 amide bonds. The minimum atomic E-state index is -0.693. The van der Waals surface area contributed by atoms with Crippen molar-refractivity contribution in [2.24, 2.45) is 0 Å². The number of epoxide rings is 1.